The molecule has 2 heterocycles. The van der Waals surface area contributed by atoms with E-state index in [4.69, 9.17) is 0 Å². The van der Waals surface area contributed by atoms with Crippen molar-refractivity contribution >= 4 is 17.2 Å². The summed E-state index contributed by atoms with van der Waals surface area (Å²) in [6.07, 6.45) is 3.33. The smallest absolute Gasteiger partial charge is 0.255 e. The van der Waals surface area contributed by atoms with Crippen LogP contribution in [0.15, 0.2) is 17.8 Å². The van der Waals surface area contributed by atoms with Gasteiger partial charge in [0.2, 0.25) is 0 Å². The summed E-state index contributed by atoms with van der Waals surface area (Å²) in [5, 5.41) is 9.90. The van der Waals surface area contributed by atoms with E-state index in [0.717, 1.165) is 17.2 Å². The van der Waals surface area contributed by atoms with E-state index in [2.05, 4.69) is 15.4 Å². The number of thiazole rings is 1. The molecule has 96 valence electrons. The van der Waals surface area contributed by atoms with Gasteiger partial charge in [0.1, 0.15) is 5.01 Å². The van der Waals surface area contributed by atoms with Crippen molar-refractivity contribution < 1.29 is 4.79 Å². The maximum Gasteiger partial charge on any atom is 0.255 e. The summed E-state index contributed by atoms with van der Waals surface area (Å²) < 4.78 is 1.73. The Hall–Kier alpha value is -1.69. The fourth-order valence-corrected chi connectivity index (χ4v) is 2.37. The molecule has 0 aromatic carbocycles. The monoisotopic (exact) mass is 264 g/mol. The first kappa shape index (κ1) is 12.8. The zero-order valence-corrected chi connectivity index (χ0v) is 11.5. The lowest BCUT2D eigenvalue weighted by Crippen LogP contribution is -2.26. The van der Waals surface area contributed by atoms with Crippen molar-refractivity contribution in [2.45, 2.75) is 33.4 Å². The normalized spacial score (nSPS) is 12.4. The second-order valence-electron chi connectivity index (χ2n) is 4.11. The molecule has 2 aromatic rings. The van der Waals surface area contributed by atoms with Crippen LogP contribution in [0.5, 0.6) is 0 Å². The van der Waals surface area contributed by atoms with E-state index in [1.165, 1.54) is 0 Å². The largest absolute Gasteiger partial charge is 0.343 e. The van der Waals surface area contributed by atoms with Crippen molar-refractivity contribution in [3.63, 3.8) is 0 Å². The molecule has 0 aliphatic carbocycles. The van der Waals surface area contributed by atoms with Crippen LogP contribution in [0.3, 0.4) is 0 Å². The fraction of sp³-hybridized carbons (Fsp3) is 0.417. The molecule has 5 nitrogen and oxygen atoms in total. The van der Waals surface area contributed by atoms with Gasteiger partial charge in [-0.3, -0.25) is 9.48 Å². The summed E-state index contributed by atoms with van der Waals surface area (Å²) in [4.78, 5) is 16.3. The quantitative estimate of drug-likeness (QED) is 0.920. The molecule has 0 fully saturated rings. The van der Waals surface area contributed by atoms with E-state index in [0.29, 0.717) is 5.56 Å². The average molecular weight is 264 g/mol. The maximum atomic E-state index is 12.0. The SMILES string of the molecule is CCn1cc(C(=O)NC(C)c2nc(C)cs2)cn1. The zero-order chi connectivity index (χ0) is 13.1. The fourth-order valence-electron chi connectivity index (χ4n) is 1.57. The lowest BCUT2D eigenvalue weighted by atomic mass is 10.3. The summed E-state index contributed by atoms with van der Waals surface area (Å²) >= 11 is 1.56. The number of hydrogen-bond acceptors (Lipinski definition) is 4. The van der Waals surface area contributed by atoms with Crippen molar-refractivity contribution in [2.24, 2.45) is 0 Å². The zero-order valence-electron chi connectivity index (χ0n) is 10.7. The number of nitrogens with one attached hydrogen (secondary N) is 1. The van der Waals surface area contributed by atoms with Gasteiger partial charge in [0.05, 0.1) is 17.8 Å². The van der Waals surface area contributed by atoms with Gasteiger partial charge in [-0.2, -0.15) is 5.10 Å². The molecule has 2 rings (SSSR count). The first-order chi connectivity index (χ1) is 8.60. The standard InChI is InChI=1S/C12H16N4OS/c1-4-16-6-10(5-13-16)11(17)15-9(3)12-14-8(2)7-18-12/h5-7,9H,4H2,1-3H3,(H,15,17). The molecule has 1 atom stereocenters. The van der Waals surface area contributed by atoms with Crippen molar-refractivity contribution in [3.05, 3.63) is 34.0 Å². The summed E-state index contributed by atoms with van der Waals surface area (Å²) in [7, 11) is 0. The topological polar surface area (TPSA) is 59.8 Å². The van der Waals surface area contributed by atoms with Crippen molar-refractivity contribution in [1.82, 2.24) is 20.1 Å². The average Bonchev–Trinajstić information content (AvgIpc) is 2.97. The first-order valence-electron chi connectivity index (χ1n) is 5.85. The highest BCUT2D eigenvalue weighted by molar-refractivity contribution is 7.09. The molecule has 18 heavy (non-hydrogen) atoms. The Morgan fingerprint density at radius 3 is 2.94 bits per heavy atom. The number of amides is 1. The van der Waals surface area contributed by atoms with Crippen LogP contribution in [-0.4, -0.2) is 20.7 Å². The predicted octanol–water partition coefficient (Wildman–Crippen LogP) is 2.16. The minimum absolute atomic E-state index is 0.0822. The van der Waals surface area contributed by atoms with Gasteiger partial charge in [-0.05, 0) is 20.8 Å². The molecular formula is C12H16N4OS. The molecule has 0 aliphatic heterocycles. The summed E-state index contributed by atoms with van der Waals surface area (Å²) in [5.41, 5.74) is 1.56. The third-order valence-corrected chi connectivity index (χ3v) is 3.72. The number of aryl methyl sites for hydroxylation is 2. The van der Waals surface area contributed by atoms with Gasteiger partial charge in [0.25, 0.3) is 5.91 Å². The molecule has 1 amide bonds. The summed E-state index contributed by atoms with van der Waals surface area (Å²) in [5.74, 6) is -0.116. The summed E-state index contributed by atoms with van der Waals surface area (Å²) in [6.45, 7) is 6.62. The number of carbonyl (C=O) groups excluding carboxylic acids is 1. The van der Waals surface area contributed by atoms with Gasteiger partial charge in [0.15, 0.2) is 0 Å². The molecule has 0 radical (unpaired) electrons. The van der Waals surface area contributed by atoms with Crippen LogP contribution < -0.4 is 5.32 Å². The molecule has 1 unspecified atom stereocenters. The second kappa shape index (κ2) is 5.30. The second-order valence-corrected chi connectivity index (χ2v) is 5.00. The molecule has 0 saturated heterocycles. The Kier molecular flexibility index (Phi) is 3.76. The molecule has 0 spiro atoms. The van der Waals surface area contributed by atoms with E-state index in [-0.39, 0.29) is 11.9 Å². The Morgan fingerprint density at radius 2 is 2.39 bits per heavy atom. The molecule has 2 aromatic heterocycles. The van der Waals surface area contributed by atoms with Gasteiger partial charge in [-0.15, -0.1) is 11.3 Å². The number of aromatic nitrogens is 3. The van der Waals surface area contributed by atoms with Crippen LogP contribution in [0.2, 0.25) is 0 Å². The van der Waals surface area contributed by atoms with Crippen LogP contribution in [0.4, 0.5) is 0 Å². The molecule has 0 saturated carbocycles. The van der Waals surface area contributed by atoms with Crippen LogP contribution in [0.1, 0.15) is 40.9 Å². The van der Waals surface area contributed by atoms with Crippen LogP contribution >= 0.6 is 11.3 Å². The lowest BCUT2D eigenvalue weighted by Gasteiger charge is -2.09. The van der Waals surface area contributed by atoms with Crippen molar-refractivity contribution in [1.29, 1.82) is 0 Å². The Morgan fingerprint density at radius 1 is 1.61 bits per heavy atom. The van der Waals surface area contributed by atoms with E-state index < -0.39 is 0 Å². The van der Waals surface area contributed by atoms with Gasteiger partial charge < -0.3 is 5.32 Å². The minimum Gasteiger partial charge on any atom is -0.343 e. The van der Waals surface area contributed by atoms with E-state index in [1.807, 2.05) is 26.2 Å². The highest BCUT2D eigenvalue weighted by atomic mass is 32.1. The third-order valence-electron chi connectivity index (χ3n) is 2.57. The Balaban J connectivity index is 2.02. The number of hydrogen-bond donors (Lipinski definition) is 1. The third kappa shape index (κ3) is 2.76. The van der Waals surface area contributed by atoms with Gasteiger partial charge in [-0.1, -0.05) is 0 Å². The summed E-state index contributed by atoms with van der Waals surface area (Å²) in [6, 6.07) is -0.0822. The number of rotatable bonds is 4. The van der Waals surface area contributed by atoms with Crippen LogP contribution in [0.25, 0.3) is 0 Å². The molecule has 6 heteroatoms. The van der Waals surface area contributed by atoms with Gasteiger partial charge in [-0.25, -0.2) is 4.98 Å². The molecule has 0 aliphatic rings. The molecular weight excluding hydrogens is 248 g/mol. The van der Waals surface area contributed by atoms with Gasteiger partial charge in [0, 0.05) is 23.8 Å². The number of nitrogens with zero attached hydrogens (tertiary/aromatic N) is 3. The highest BCUT2D eigenvalue weighted by Gasteiger charge is 2.15. The lowest BCUT2D eigenvalue weighted by molar-refractivity contribution is 0.0939. The van der Waals surface area contributed by atoms with Crippen molar-refractivity contribution in [2.75, 3.05) is 0 Å². The maximum absolute atomic E-state index is 12.0. The van der Waals surface area contributed by atoms with Crippen LogP contribution in [0, 0.1) is 6.92 Å². The predicted molar refractivity (Wildman–Crippen MR) is 70.6 cm³/mol. The minimum atomic E-state index is -0.116. The first-order valence-corrected chi connectivity index (χ1v) is 6.73. The Bertz CT molecular complexity index is 546. The van der Waals surface area contributed by atoms with Gasteiger partial charge >= 0.3 is 0 Å². The van der Waals surface area contributed by atoms with E-state index in [1.54, 1.807) is 28.4 Å². The Labute approximate surface area is 110 Å². The van der Waals surface area contributed by atoms with E-state index >= 15 is 0 Å². The van der Waals surface area contributed by atoms with Crippen molar-refractivity contribution in [3.8, 4) is 0 Å². The highest BCUT2D eigenvalue weighted by Crippen LogP contribution is 2.17. The van der Waals surface area contributed by atoms with E-state index in [9.17, 15) is 4.79 Å². The number of carbonyl (C=O) groups is 1. The van der Waals surface area contributed by atoms with Crippen LogP contribution in [-0.2, 0) is 6.54 Å². The molecule has 0 bridgehead atoms. The molecule has 1 N–H and O–H groups in total.